The van der Waals surface area contributed by atoms with Crippen molar-refractivity contribution in [2.45, 2.75) is 70.7 Å². The monoisotopic (exact) mass is 602 g/mol. The van der Waals surface area contributed by atoms with Gasteiger partial charge < -0.3 is 28.7 Å². The van der Waals surface area contributed by atoms with Crippen LogP contribution < -0.4 is 4.74 Å². The molecule has 1 heterocycles. The van der Waals surface area contributed by atoms with Gasteiger partial charge in [0.25, 0.3) is 0 Å². The van der Waals surface area contributed by atoms with Crippen LogP contribution in [0.15, 0.2) is 60.7 Å². The number of nitrogens with zero attached hydrogens (tertiary/aromatic N) is 2. The van der Waals surface area contributed by atoms with E-state index in [0.29, 0.717) is 45.9 Å². The second-order valence-corrected chi connectivity index (χ2v) is 13.0. The molecule has 8 nitrogen and oxygen atoms in total. The van der Waals surface area contributed by atoms with E-state index in [-0.39, 0.29) is 29.9 Å². The third kappa shape index (κ3) is 8.10. The summed E-state index contributed by atoms with van der Waals surface area (Å²) >= 11 is 0. The molecule has 1 saturated heterocycles. The number of benzene rings is 3. The van der Waals surface area contributed by atoms with E-state index in [1.165, 1.54) is 5.39 Å². The first-order chi connectivity index (χ1) is 21.1. The molecule has 1 saturated carbocycles. The standard InChI is InChI=1S/C36H46N2O6/c1-36(2,3)44-35(40)37-15-14-32(29-11-10-27-8-6-7-9-28(27)21-29)33(23-37)34(39)38(30-12-13-30)22-25-18-26(20-31(19-25)42-5)24-43-17-16-41-4/h6-11,18-21,30,32-33H,12-17,22-24H2,1-5H3/t32-,33+/m1/s1. The highest BCUT2D eigenvalue weighted by atomic mass is 16.6. The van der Waals surface area contributed by atoms with Crippen molar-refractivity contribution in [1.82, 2.24) is 9.80 Å². The lowest BCUT2D eigenvalue weighted by Gasteiger charge is -2.40. The van der Waals surface area contributed by atoms with Crippen molar-refractivity contribution in [3.05, 3.63) is 77.4 Å². The van der Waals surface area contributed by atoms with Crippen molar-refractivity contribution in [1.29, 1.82) is 0 Å². The molecule has 5 rings (SSSR count). The highest BCUT2D eigenvalue weighted by Gasteiger charge is 2.43. The molecule has 1 aliphatic carbocycles. The number of piperidine rings is 1. The zero-order valence-corrected chi connectivity index (χ0v) is 26.7. The zero-order chi connectivity index (χ0) is 31.3. The van der Waals surface area contributed by atoms with Gasteiger partial charge in [-0.2, -0.15) is 0 Å². The Morgan fingerprint density at radius 2 is 1.66 bits per heavy atom. The lowest BCUT2D eigenvalue weighted by atomic mass is 9.79. The average Bonchev–Trinajstić information content (AvgIpc) is 3.86. The van der Waals surface area contributed by atoms with Crippen molar-refractivity contribution in [2.75, 3.05) is 40.5 Å². The lowest BCUT2D eigenvalue weighted by Crippen LogP contribution is -2.51. The summed E-state index contributed by atoms with van der Waals surface area (Å²) in [7, 11) is 3.31. The van der Waals surface area contributed by atoms with Gasteiger partial charge in [0.1, 0.15) is 11.4 Å². The highest BCUT2D eigenvalue weighted by Crippen LogP contribution is 2.39. The van der Waals surface area contributed by atoms with Gasteiger partial charge >= 0.3 is 6.09 Å². The molecule has 0 aromatic heterocycles. The topological polar surface area (TPSA) is 77.5 Å². The Bertz CT molecular complexity index is 1450. The lowest BCUT2D eigenvalue weighted by molar-refractivity contribution is -0.139. The van der Waals surface area contributed by atoms with Gasteiger partial charge in [0.2, 0.25) is 5.91 Å². The van der Waals surface area contributed by atoms with Crippen LogP contribution in [0.25, 0.3) is 10.8 Å². The molecule has 0 N–H and O–H groups in total. The average molecular weight is 603 g/mol. The molecule has 236 valence electrons. The normalized spacial score (nSPS) is 18.7. The van der Waals surface area contributed by atoms with Gasteiger partial charge in [0, 0.05) is 32.8 Å². The first kappa shape index (κ1) is 31.8. The summed E-state index contributed by atoms with van der Waals surface area (Å²) in [6.45, 7) is 8.41. The van der Waals surface area contributed by atoms with Crippen LogP contribution in [0.3, 0.4) is 0 Å². The molecule has 44 heavy (non-hydrogen) atoms. The molecule has 0 bridgehead atoms. The number of hydrogen-bond acceptors (Lipinski definition) is 6. The van der Waals surface area contributed by atoms with Crippen LogP contribution >= 0.6 is 0 Å². The third-order valence-corrected chi connectivity index (χ3v) is 8.37. The van der Waals surface area contributed by atoms with E-state index in [1.807, 2.05) is 49.9 Å². The Kier molecular flexibility index (Phi) is 10.1. The van der Waals surface area contributed by atoms with Crippen LogP contribution in [0.4, 0.5) is 4.79 Å². The summed E-state index contributed by atoms with van der Waals surface area (Å²) in [6, 6.07) is 21.0. The van der Waals surface area contributed by atoms with E-state index < -0.39 is 5.60 Å². The maximum Gasteiger partial charge on any atom is 0.410 e. The number of carbonyl (C=O) groups is 2. The number of ether oxygens (including phenoxy) is 4. The molecule has 2 aliphatic rings. The second-order valence-electron chi connectivity index (χ2n) is 13.0. The van der Waals surface area contributed by atoms with Crippen LogP contribution in [0.5, 0.6) is 5.75 Å². The molecule has 0 radical (unpaired) electrons. The summed E-state index contributed by atoms with van der Waals surface area (Å²) in [6.07, 6.45) is 2.28. The Morgan fingerprint density at radius 3 is 2.36 bits per heavy atom. The number of likely N-dealkylation sites (tertiary alicyclic amines) is 1. The largest absolute Gasteiger partial charge is 0.497 e. The summed E-state index contributed by atoms with van der Waals surface area (Å²) in [5, 5.41) is 2.33. The summed E-state index contributed by atoms with van der Waals surface area (Å²) < 4.78 is 22.2. The smallest absolute Gasteiger partial charge is 0.410 e. The minimum atomic E-state index is -0.608. The Morgan fingerprint density at radius 1 is 0.909 bits per heavy atom. The third-order valence-electron chi connectivity index (χ3n) is 8.37. The molecule has 8 heteroatoms. The minimum Gasteiger partial charge on any atom is -0.497 e. The van der Waals surface area contributed by atoms with Gasteiger partial charge in [-0.15, -0.1) is 0 Å². The Balaban J connectivity index is 1.42. The molecule has 2 amide bonds. The van der Waals surface area contributed by atoms with Crippen LogP contribution in [0.1, 0.15) is 62.6 Å². The molecule has 1 aliphatic heterocycles. The van der Waals surface area contributed by atoms with Crippen LogP contribution in [0.2, 0.25) is 0 Å². The molecule has 0 unspecified atom stereocenters. The van der Waals surface area contributed by atoms with Gasteiger partial charge in [-0.25, -0.2) is 4.79 Å². The summed E-state index contributed by atoms with van der Waals surface area (Å²) in [5.74, 6) is 0.418. The first-order valence-electron chi connectivity index (χ1n) is 15.7. The maximum absolute atomic E-state index is 14.6. The number of carbonyl (C=O) groups excluding carboxylic acids is 2. The molecule has 2 atom stereocenters. The van der Waals surface area contributed by atoms with E-state index in [4.69, 9.17) is 18.9 Å². The number of methoxy groups -OCH3 is 2. The predicted octanol–water partition coefficient (Wildman–Crippen LogP) is 6.54. The van der Waals surface area contributed by atoms with E-state index >= 15 is 0 Å². The van der Waals surface area contributed by atoms with Crippen molar-refractivity contribution in [2.24, 2.45) is 5.92 Å². The molecular weight excluding hydrogens is 556 g/mol. The van der Waals surface area contributed by atoms with Gasteiger partial charge in [-0.3, -0.25) is 4.79 Å². The quantitative estimate of drug-likeness (QED) is 0.232. The van der Waals surface area contributed by atoms with E-state index in [2.05, 4.69) is 36.4 Å². The van der Waals surface area contributed by atoms with Gasteiger partial charge in [-0.1, -0.05) is 48.5 Å². The van der Waals surface area contributed by atoms with Crippen molar-refractivity contribution < 1.29 is 28.5 Å². The fraction of sp³-hybridized carbons (Fsp3) is 0.500. The second kappa shape index (κ2) is 14.0. The zero-order valence-electron chi connectivity index (χ0n) is 26.7. The molecule has 3 aromatic carbocycles. The van der Waals surface area contributed by atoms with Gasteiger partial charge in [-0.05, 0) is 85.5 Å². The van der Waals surface area contributed by atoms with Crippen LogP contribution in [0, 0.1) is 5.92 Å². The number of fused-ring (bicyclic) bond motifs is 1. The minimum absolute atomic E-state index is 0.0119. The van der Waals surface area contributed by atoms with Crippen molar-refractivity contribution >= 4 is 22.8 Å². The van der Waals surface area contributed by atoms with Gasteiger partial charge in [0.05, 0.1) is 32.8 Å². The molecule has 0 spiro atoms. The Labute approximate surface area is 261 Å². The molecule has 2 fully saturated rings. The molecule has 3 aromatic rings. The maximum atomic E-state index is 14.6. The Hall–Kier alpha value is -3.62. The summed E-state index contributed by atoms with van der Waals surface area (Å²) in [5.41, 5.74) is 2.51. The van der Waals surface area contributed by atoms with Crippen molar-refractivity contribution in [3.63, 3.8) is 0 Å². The van der Waals surface area contributed by atoms with E-state index in [0.717, 1.165) is 40.7 Å². The van der Waals surface area contributed by atoms with E-state index in [9.17, 15) is 9.59 Å². The fourth-order valence-corrected chi connectivity index (χ4v) is 6.07. The number of hydrogen-bond donors (Lipinski definition) is 0. The van der Waals surface area contributed by atoms with Gasteiger partial charge in [0.15, 0.2) is 0 Å². The number of amides is 2. The summed E-state index contributed by atoms with van der Waals surface area (Å²) in [4.78, 5) is 31.6. The molecular formula is C36H46N2O6. The number of rotatable bonds is 11. The fourth-order valence-electron chi connectivity index (χ4n) is 6.07. The SMILES string of the molecule is COCCOCc1cc(CN(C(=O)[C@H]2CN(C(=O)OC(C)(C)C)CC[C@@H]2c2ccc3ccccc3c2)C2CC2)cc(OC)c1. The first-order valence-corrected chi connectivity index (χ1v) is 15.7. The van der Waals surface area contributed by atoms with Crippen molar-refractivity contribution in [3.8, 4) is 5.75 Å². The predicted molar refractivity (Wildman–Crippen MR) is 171 cm³/mol. The van der Waals surface area contributed by atoms with Crippen LogP contribution in [-0.2, 0) is 32.2 Å². The highest BCUT2D eigenvalue weighted by molar-refractivity contribution is 5.85. The van der Waals surface area contributed by atoms with E-state index in [1.54, 1.807) is 19.1 Å². The van der Waals surface area contributed by atoms with Crippen LogP contribution in [-0.4, -0.2) is 74.0 Å².